The molecule has 1 aromatic carbocycles. The van der Waals surface area contributed by atoms with Crippen molar-refractivity contribution in [1.29, 1.82) is 0 Å². The maximum absolute atomic E-state index is 12.2. The molecule has 0 unspecified atom stereocenters. The Balaban J connectivity index is 3.01. The summed E-state index contributed by atoms with van der Waals surface area (Å²) in [6.07, 6.45) is 0. The maximum atomic E-state index is 12.2. The van der Waals surface area contributed by atoms with Crippen LogP contribution in [0.2, 0.25) is 0 Å². The number of carbonyl (C=O) groups is 3. The van der Waals surface area contributed by atoms with Gasteiger partial charge in [-0.3, -0.25) is 0 Å². The van der Waals surface area contributed by atoms with Crippen LogP contribution in [0.4, 0.5) is 0 Å². The molecule has 7 nitrogen and oxygen atoms in total. The van der Waals surface area contributed by atoms with Crippen molar-refractivity contribution in [1.82, 2.24) is 4.98 Å². The van der Waals surface area contributed by atoms with E-state index in [1.54, 1.807) is 18.2 Å². The summed E-state index contributed by atoms with van der Waals surface area (Å²) in [7, 11) is 3.45. The summed E-state index contributed by atoms with van der Waals surface area (Å²) in [5, 5.41) is 0.347. The Morgan fingerprint density at radius 1 is 0.913 bits per heavy atom. The molecule has 0 fully saturated rings. The van der Waals surface area contributed by atoms with Crippen LogP contribution in [0.1, 0.15) is 31.2 Å². The zero-order chi connectivity index (χ0) is 17.1. The monoisotopic (exact) mass is 381 g/mol. The highest BCUT2D eigenvalue weighted by atomic mass is 79.9. The van der Waals surface area contributed by atoms with Crippen LogP contribution in [0.5, 0.6) is 0 Å². The average molecular weight is 382 g/mol. The van der Waals surface area contributed by atoms with Crippen molar-refractivity contribution in [2.24, 2.45) is 0 Å². The first-order valence-corrected chi connectivity index (χ1v) is 7.12. The van der Waals surface area contributed by atoms with E-state index in [1.807, 2.05) is 0 Å². The first kappa shape index (κ1) is 16.9. The number of methoxy groups -OCH3 is 3. The predicted octanol–water partition coefficient (Wildman–Crippen LogP) is 2.36. The van der Waals surface area contributed by atoms with Gasteiger partial charge < -0.3 is 14.2 Å². The largest absolute Gasteiger partial charge is 0.465 e. The fourth-order valence-corrected chi connectivity index (χ4v) is 2.46. The third-order valence-corrected chi connectivity index (χ3v) is 3.60. The number of nitrogens with zero attached hydrogens (tertiary/aromatic N) is 1. The summed E-state index contributed by atoms with van der Waals surface area (Å²) < 4.78 is 14.7. The molecule has 0 aliphatic heterocycles. The Hall–Kier alpha value is -2.48. The van der Waals surface area contributed by atoms with Gasteiger partial charge in [-0.1, -0.05) is 15.9 Å². The molecule has 0 N–H and O–H groups in total. The molecule has 0 aliphatic rings. The number of hydrogen-bond acceptors (Lipinski definition) is 7. The van der Waals surface area contributed by atoms with Gasteiger partial charge in [0.2, 0.25) is 0 Å². The van der Waals surface area contributed by atoms with Crippen LogP contribution in [0.25, 0.3) is 10.9 Å². The van der Waals surface area contributed by atoms with Gasteiger partial charge in [0.25, 0.3) is 0 Å². The van der Waals surface area contributed by atoms with Crippen molar-refractivity contribution >= 4 is 44.7 Å². The Labute approximate surface area is 139 Å². The van der Waals surface area contributed by atoms with Crippen molar-refractivity contribution in [2.75, 3.05) is 21.3 Å². The first-order valence-electron chi connectivity index (χ1n) is 6.32. The van der Waals surface area contributed by atoms with Crippen LogP contribution in [-0.2, 0) is 14.2 Å². The number of hydrogen-bond donors (Lipinski definition) is 0. The van der Waals surface area contributed by atoms with Crippen molar-refractivity contribution in [3.05, 3.63) is 39.5 Å². The normalized spacial score (nSPS) is 10.3. The maximum Gasteiger partial charge on any atom is 0.357 e. The average Bonchev–Trinajstić information content (AvgIpc) is 2.57. The topological polar surface area (TPSA) is 91.8 Å². The molecule has 0 amide bonds. The molecule has 0 bridgehead atoms. The van der Waals surface area contributed by atoms with E-state index >= 15 is 0 Å². The number of fused-ring (bicyclic) bond motifs is 1. The molecule has 0 saturated carbocycles. The predicted molar refractivity (Wildman–Crippen MR) is 83.5 cm³/mol. The molecule has 0 aliphatic carbocycles. The van der Waals surface area contributed by atoms with Crippen molar-refractivity contribution < 1.29 is 28.6 Å². The number of carbonyl (C=O) groups excluding carboxylic acids is 3. The summed E-state index contributed by atoms with van der Waals surface area (Å²) in [6, 6.07) is 4.89. The second-order valence-electron chi connectivity index (χ2n) is 4.35. The van der Waals surface area contributed by atoms with E-state index in [-0.39, 0.29) is 16.8 Å². The highest BCUT2D eigenvalue weighted by molar-refractivity contribution is 9.10. The van der Waals surface area contributed by atoms with E-state index in [2.05, 4.69) is 30.4 Å². The molecule has 8 heteroatoms. The number of rotatable bonds is 3. The molecule has 0 spiro atoms. The lowest BCUT2D eigenvalue weighted by molar-refractivity contribution is 0.0533. The smallest absolute Gasteiger partial charge is 0.357 e. The van der Waals surface area contributed by atoms with Crippen LogP contribution in [0, 0.1) is 0 Å². The van der Waals surface area contributed by atoms with Crippen molar-refractivity contribution in [3.63, 3.8) is 0 Å². The van der Waals surface area contributed by atoms with Crippen LogP contribution >= 0.6 is 15.9 Å². The summed E-state index contributed by atoms with van der Waals surface area (Å²) in [6.45, 7) is 0. The van der Waals surface area contributed by atoms with E-state index in [1.165, 1.54) is 7.11 Å². The van der Waals surface area contributed by atoms with Gasteiger partial charge >= 0.3 is 17.9 Å². The second-order valence-corrected chi connectivity index (χ2v) is 5.26. The molecular weight excluding hydrogens is 370 g/mol. The minimum absolute atomic E-state index is 0.106. The SMILES string of the molecule is COC(=O)c1nc2ccc(Br)cc2c(C(=O)OC)c1C(=O)OC. The van der Waals surface area contributed by atoms with Gasteiger partial charge in [-0.15, -0.1) is 0 Å². The molecule has 23 heavy (non-hydrogen) atoms. The van der Waals surface area contributed by atoms with Gasteiger partial charge in [0, 0.05) is 9.86 Å². The quantitative estimate of drug-likeness (QED) is 0.594. The lowest BCUT2D eigenvalue weighted by atomic mass is 10.00. The second kappa shape index (κ2) is 6.74. The highest BCUT2D eigenvalue weighted by Crippen LogP contribution is 2.28. The number of halogens is 1. The van der Waals surface area contributed by atoms with Crippen LogP contribution in [0.15, 0.2) is 22.7 Å². The standard InChI is InChI=1S/C15H12BrNO6/c1-21-13(18)10-8-6-7(16)4-5-9(8)17-12(15(20)23-3)11(10)14(19)22-2/h4-6H,1-3H3. The van der Waals surface area contributed by atoms with Crippen molar-refractivity contribution in [2.45, 2.75) is 0 Å². The van der Waals surface area contributed by atoms with Gasteiger partial charge in [0.15, 0.2) is 5.69 Å². The van der Waals surface area contributed by atoms with Gasteiger partial charge in [0.05, 0.1) is 32.4 Å². The lowest BCUT2D eigenvalue weighted by Gasteiger charge is -2.13. The number of ether oxygens (including phenoxy) is 3. The van der Waals surface area contributed by atoms with Gasteiger partial charge in [-0.25, -0.2) is 19.4 Å². The minimum atomic E-state index is -0.889. The first-order chi connectivity index (χ1) is 10.9. The lowest BCUT2D eigenvalue weighted by Crippen LogP contribution is -2.20. The Kier molecular flexibility index (Phi) is 4.95. The molecule has 0 atom stereocenters. The van der Waals surface area contributed by atoms with Crippen LogP contribution < -0.4 is 0 Å². The summed E-state index contributed by atoms with van der Waals surface area (Å²) in [4.78, 5) is 40.5. The Bertz CT molecular complexity index is 817. The van der Waals surface area contributed by atoms with E-state index in [0.29, 0.717) is 15.4 Å². The van der Waals surface area contributed by atoms with E-state index in [4.69, 9.17) is 4.74 Å². The minimum Gasteiger partial charge on any atom is -0.465 e. The fourth-order valence-electron chi connectivity index (χ4n) is 2.09. The summed E-state index contributed by atoms with van der Waals surface area (Å²) >= 11 is 3.29. The van der Waals surface area contributed by atoms with E-state index < -0.39 is 17.9 Å². The van der Waals surface area contributed by atoms with Gasteiger partial charge in [0.1, 0.15) is 5.56 Å². The molecular formula is C15H12BrNO6. The Morgan fingerprint density at radius 2 is 1.48 bits per heavy atom. The third-order valence-electron chi connectivity index (χ3n) is 3.10. The summed E-state index contributed by atoms with van der Waals surface area (Å²) in [5.74, 6) is -2.54. The fraction of sp³-hybridized carbons (Fsp3) is 0.200. The molecule has 120 valence electrons. The van der Waals surface area contributed by atoms with Gasteiger partial charge in [-0.05, 0) is 18.2 Å². The molecule has 2 aromatic rings. The Morgan fingerprint density at radius 3 is 2.04 bits per heavy atom. The molecule has 0 radical (unpaired) electrons. The highest BCUT2D eigenvalue weighted by Gasteiger charge is 2.30. The van der Waals surface area contributed by atoms with Gasteiger partial charge in [-0.2, -0.15) is 0 Å². The number of esters is 3. The molecule has 2 rings (SSSR count). The molecule has 1 aromatic heterocycles. The zero-order valence-electron chi connectivity index (χ0n) is 12.5. The zero-order valence-corrected chi connectivity index (χ0v) is 14.1. The molecule has 0 saturated heterocycles. The number of aromatic nitrogens is 1. The number of pyridine rings is 1. The van der Waals surface area contributed by atoms with E-state index in [0.717, 1.165) is 14.2 Å². The van der Waals surface area contributed by atoms with E-state index in [9.17, 15) is 14.4 Å². The molecule has 1 heterocycles. The van der Waals surface area contributed by atoms with Crippen molar-refractivity contribution in [3.8, 4) is 0 Å². The summed E-state index contributed by atoms with van der Waals surface area (Å²) in [5.41, 5.74) is -0.376. The van der Waals surface area contributed by atoms with Crippen LogP contribution in [0.3, 0.4) is 0 Å². The third kappa shape index (κ3) is 3.02. The number of benzene rings is 1. The van der Waals surface area contributed by atoms with Crippen LogP contribution in [-0.4, -0.2) is 44.2 Å².